The minimum absolute atomic E-state index is 0. The Balaban J connectivity index is 0.00000312. The largest absolute Gasteiger partial charge is 0.379 e. The Kier molecular flexibility index (Phi) is 9.61. The number of thiazole rings is 1. The van der Waals surface area contributed by atoms with Crippen molar-refractivity contribution < 1.29 is 4.74 Å². The molecule has 0 amide bonds. The Hall–Kier alpha value is -0.450. The number of aliphatic imine (C=N–C) groups is 1. The number of hydrogen-bond acceptors (Lipinski definition) is 5. The molecule has 0 atom stereocenters. The van der Waals surface area contributed by atoms with Crippen molar-refractivity contribution in [3.05, 3.63) is 15.6 Å². The summed E-state index contributed by atoms with van der Waals surface area (Å²) in [5.41, 5.74) is 1.16. The van der Waals surface area contributed by atoms with Gasteiger partial charge in [-0.05, 0) is 34.6 Å². The summed E-state index contributed by atoms with van der Waals surface area (Å²) in [5, 5.41) is 7.93. The lowest BCUT2D eigenvalue weighted by Crippen LogP contribution is -2.56. The number of morpholine rings is 1. The lowest BCUT2D eigenvalue weighted by atomic mass is 10.0. The summed E-state index contributed by atoms with van der Waals surface area (Å²) < 4.78 is 5.46. The van der Waals surface area contributed by atoms with Gasteiger partial charge in [0.15, 0.2) is 5.96 Å². The molecule has 6 nitrogen and oxygen atoms in total. The van der Waals surface area contributed by atoms with E-state index in [2.05, 4.69) is 48.2 Å². The molecule has 8 heteroatoms. The Morgan fingerprint density at radius 2 is 1.96 bits per heavy atom. The van der Waals surface area contributed by atoms with Crippen LogP contribution in [0, 0.1) is 13.8 Å². The first-order chi connectivity index (χ1) is 11.4. The zero-order chi connectivity index (χ0) is 17.6. The number of rotatable bonds is 6. The van der Waals surface area contributed by atoms with Gasteiger partial charge in [0.05, 0.1) is 30.5 Å². The second-order valence-electron chi connectivity index (χ2n) is 6.70. The van der Waals surface area contributed by atoms with Gasteiger partial charge in [-0.15, -0.1) is 35.3 Å². The smallest absolute Gasteiger partial charge is 0.191 e. The zero-order valence-corrected chi connectivity index (χ0v) is 19.2. The fourth-order valence-electron chi connectivity index (χ4n) is 2.79. The lowest BCUT2D eigenvalue weighted by Gasteiger charge is -2.41. The van der Waals surface area contributed by atoms with E-state index in [9.17, 15) is 0 Å². The van der Waals surface area contributed by atoms with Crippen molar-refractivity contribution >= 4 is 41.3 Å². The first kappa shape index (κ1) is 22.6. The van der Waals surface area contributed by atoms with Gasteiger partial charge >= 0.3 is 0 Å². The third-order valence-corrected chi connectivity index (χ3v) is 5.34. The molecule has 0 bridgehead atoms. The SMILES string of the molecule is CCNC(=NCc1sc(C)nc1C)NCC(C)(C)N1CCOCC1.I. The summed E-state index contributed by atoms with van der Waals surface area (Å²) in [7, 11) is 0. The van der Waals surface area contributed by atoms with Gasteiger partial charge in [-0.25, -0.2) is 9.98 Å². The second-order valence-corrected chi connectivity index (χ2v) is 7.99. The van der Waals surface area contributed by atoms with Crippen molar-refractivity contribution in [3.8, 4) is 0 Å². The van der Waals surface area contributed by atoms with E-state index in [1.165, 1.54) is 4.88 Å². The first-order valence-corrected chi connectivity index (χ1v) is 9.52. The van der Waals surface area contributed by atoms with Crippen LogP contribution < -0.4 is 10.6 Å². The molecule has 0 aliphatic carbocycles. The molecule has 2 heterocycles. The van der Waals surface area contributed by atoms with Gasteiger partial charge in [-0.1, -0.05) is 0 Å². The van der Waals surface area contributed by atoms with Crippen molar-refractivity contribution in [1.82, 2.24) is 20.5 Å². The van der Waals surface area contributed by atoms with Crippen LogP contribution in [0.3, 0.4) is 0 Å². The van der Waals surface area contributed by atoms with Crippen molar-refractivity contribution in [2.24, 2.45) is 4.99 Å². The van der Waals surface area contributed by atoms with Gasteiger partial charge < -0.3 is 15.4 Å². The molecule has 1 aliphatic heterocycles. The lowest BCUT2D eigenvalue weighted by molar-refractivity contribution is -0.00834. The van der Waals surface area contributed by atoms with E-state index in [4.69, 9.17) is 9.73 Å². The minimum Gasteiger partial charge on any atom is -0.379 e. The molecule has 1 fully saturated rings. The predicted molar refractivity (Wildman–Crippen MR) is 116 cm³/mol. The summed E-state index contributed by atoms with van der Waals surface area (Å²) in [5.74, 6) is 0.865. The van der Waals surface area contributed by atoms with E-state index in [-0.39, 0.29) is 29.5 Å². The number of guanidine groups is 1. The Morgan fingerprint density at radius 3 is 2.52 bits per heavy atom. The molecule has 25 heavy (non-hydrogen) atoms. The average Bonchev–Trinajstić information content (AvgIpc) is 2.88. The highest BCUT2D eigenvalue weighted by Crippen LogP contribution is 2.18. The fraction of sp³-hybridized carbons (Fsp3) is 0.765. The highest BCUT2D eigenvalue weighted by Gasteiger charge is 2.28. The highest BCUT2D eigenvalue weighted by molar-refractivity contribution is 14.0. The monoisotopic (exact) mass is 481 g/mol. The minimum atomic E-state index is 0. The van der Waals surface area contributed by atoms with Gasteiger partial charge in [-0.3, -0.25) is 4.90 Å². The van der Waals surface area contributed by atoms with E-state index in [0.717, 1.165) is 56.1 Å². The number of nitrogens with zero attached hydrogens (tertiary/aromatic N) is 3. The molecule has 1 aromatic heterocycles. The molecule has 1 aliphatic rings. The first-order valence-electron chi connectivity index (χ1n) is 8.70. The van der Waals surface area contributed by atoms with Crippen molar-refractivity contribution in [1.29, 1.82) is 0 Å². The van der Waals surface area contributed by atoms with Crippen molar-refractivity contribution in [2.45, 2.75) is 46.7 Å². The molecule has 0 unspecified atom stereocenters. The third kappa shape index (κ3) is 6.99. The summed E-state index contributed by atoms with van der Waals surface area (Å²) in [4.78, 5) is 12.9. The van der Waals surface area contributed by atoms with Gasteiger partial charge in [-0.2, -0.15) is 0 Å². The number of aryl methyl sites for hydroxylation is 2. The van der Waals surface area contributed by atoms with Crippen LogP contribution in [0.15, 0.2) is 4.99 Å². The van der Waals surface area contributed by atoms with Gasteiger partial charge in [0.25, 0.3) is 0 Å². The van der Waals surface area contributed by atoms with Crippen molar-refractivity contribution in [2.75, 3.05) is 39.4 Å². The van der Waals surface area contributed by atoms with Crippen LogP contribution in [0.2, 0.25) is 0 Å². The molecule has 2 N–H and O–H groups in total. The summed E-state index contributed by atoms with van der Waals surface area (Å²) >= 11 is 1.72. The van der Waals surface area contributed by atoms with Crippen LogP contribution in [-0.2, 0) is 11.3 Å². The van der Waals surface area contributed by atoms with Crippen LogP contribution in [-0.4, -0.2) is 60.8 Å². The van der Waals surface area contributed by atoms with Crippen LogP contribution in [0.1, 0.15) is 36.3 Å². The topological polar surface area (TPSA) is 61.8 Å². The fourth-order valence-corrected chi connectivity index (χ4v) is 3.65. The quantitative estimate of drug-likeness (QED) is 0.372. The molecular formula is C17H32IN5OS. The molecule has 1 aromatic rings. The molecule has 0 spiro atoms. The number of hydrogen-bond donors (Lipinski definition) is 2. The number of nitrogens with one attached hydrogen (secondary N) is 2. The molecule has 0 saturated carbocycles. The van der Waals surface area contributed by atoms with E-state index < -0.39 is 0 Å². The second kappa shape index (κ2) is 10.6. The van der Waals surface area contributed by atoms with Crippen LogP contribution in [0.4, 0.5) is 0 Å². The summed E-state index contributed by atoms with van der Waals surface area (Å²) in [6.07, 6.45) is 0. The molecular weight excluding hydrogens is 449 g/mol. The van der Waals surface area contributed by atoms with Crippen LogP contribution in [0.25, 0.3) is 0 Å². The van der Waals surface area contributed by atoms with E-state index in [1.54, 1.807) is 11.3 Å². The van der Waals surface area contributed by atoms with Crippen LogP contribution >= 0.6 is 35.3 Å². The molecule has 144 valence electrons. The molecule has 0 aromatic carbocycles. The maximum atomic E-state index is 5.46. The Morgan fingerprint density at radius 1 is 1.28 bits per heavy atom. The third-order valence-electron chi connectivity index (χ3n) is 4.28. The van der Waals surface area contributed by atoms with E-state index in [0.29, 0.717) is 6.54 Å². The summed E-state index contributed by atoms with van der Waals surface area (Å²) in [6, 6.07) is 0. The van der Waals surface area contributed by atoms with Gasteiger partial charge in [0, 0.05) is 36.6 Å². The zero-order valence-electron chi connectivity index (χ0n) is 16.0. The highest BCUT2D eigenvalue weighted by atomic mass is 127. The van der Waals surface area contributed by atoms with Gasteiger partial charge in [0.1, 0.15) is 0 Å². The Bertz CT molecular complexity index is 555. The molecule has 2 rings (SSSR count). The molecule has 1 saturated heterocycles. The van der Waals surface area contributed by atoms with Gasteiger partial charge in [0.2, 0.25) is 0 Å². The average molecular weight is 481 g/mol. The Labute approximate surface area is 172 Å². The van der Waals surface area contributed by atoms with Crippen LogP contribution in [0.5, 0.6) is 0 Å². The van der Waals surface area contributed by atoms with Crippen molar-refractivity contribution in [3.63, 3.8) is 0 Å². The standard InChI is InChI=1S/C17H31N5OS.HI/c1-6-18-16(19-11-15-13(2)21-14(3)24-15)20-12-17(4,5)22-7-9-23-10-8-22;/h6-12H2,1-5H3,(H2,18,19,20);1H. The maximum absolute atomic E-state index is 5.46. The number of aromatic nitrogens is 1. The summed E-state index contributed by atoms with van der Waals surface area (Å²) in [6.45, 7) is 16.7. The maximum Gasteiger partial charge on any atom is 0.191 e. The van der Waals surface area contributed by atoms with E-state index >= 15 is 0 Å². The number of halogens is 1. The predicted octanol–water partition coefficient (Wildman–Crippen LogP) is 2.54. The van der Waals surface area contributed by atoms with E-state index in [1.807, 2.05) is 6.92 Å². The normalized spacial score (nSPS) is 16.4. The molecule has 0 radical (unpaired) electrons. The number of ether oxygens (including phenoxy) is 1.